The Kier molecular flexibility index (Phi) is 2.62. The van der Waals surface area contributed by atoms with Crippen molar-refractivity contribution in [1.82, 2.24) is 10.3 Å². The highest BCUT2D eigenvalue weighted by molar-refractivity contribution is 5.93. The van der Waals surface area contributed by atoms with E-state index >= 15 is 0 Å². The van der Waals surface area contributed by atoms with Crippen molar-refractivity contribution >= 4 is 17.4 Å². The number of hydrogen-bond donors (Lipinski definition) is 2. The molecule has 5 heteroatoms. The molecule has 1 saturated heterocycles. The number of fused-ring (bicyclic) bond motifs is 4. The number of nitrogens with one attached hydrogen (secondary N) is 2. The third-order valence-corrected chi connectivity index (χ3v) is 4.78. The molecule has 1 aromatic heterocycles. The fraction of sp³-hybridized carbons (Fsp3) is 0.600. The van der Waals surface area contributed by atoms with Crippen molar-refractivity contribution in [3.8, 4) is 0 Å². The Bertz CT molecular complexity index is 559. The quantitative estimate of drug-likeness (QED) is 0.875. The zero-order chi connectivity index (χ0) is 13.7. The van der Waals surface area contributed by atoms with Gasteiger partial charge in [0.1, 0.15) is 5.69 Å². The molecular weight excluding hydrogens is 252 g/mol. The molecule has 0 spiro atoms. The highest BCUT2D eigenvalue weighted by Gasteiger charge is 2.33. The van der Waals surface area contributed by atoms with Crippen molar-refractivity contribution in [2.45, 2.75) is 25.8 Å². The van der Waals surface area contributed by atoms with Gasteiger partial charge in [-0.05, 0) is 36.8 Å². The molecule has 1 aromatic rings. The van der Waals surface area contributed by atoms with E-state index in [0.29, 0.717) is 17.7 Å². The fourth-order valence-electron chi connectivity index (χ4n) is 3.23. The second-order valence-corrected chi connectivity index (χ2v) is 6.32. The van der Waals surface area contributed by atoms with Gasteiger partial charge in [0.2, 0.25) is 0 Å². The molecule has 3 aliphatic rings. The minimum Gasteiger partial charge on any atom is -0.366 e. The standard InChI is InChI=1S/C15H20N4O/c1-9-6-10(9)7-16-15(20)12-2-3-13-14(18-12)17-11-4-5-19(13)8-11/h2-3,9-11H,4-8H2,1H3,(H,16,20)(H,17,18)/t9?,10?,11-/m0/s1. The molecule has 0 radical (unpaired) electrons. The highest BCUT2D eigenvalue weighted by Crippen LogP contribution is 2.37. The zero-order valence-corrected chi connectivity index (χ0v) is 11.7. The first-order valence-electron chi connectivity index (χ1n) is 7.51. The number of carbonyl (C=O) groups excluding carboxylic acids is 1. The molecule has 1 aliphatic carbocycles. The lowest BCUT2D eigenvalue weighted by Gasteiger charge is -2.27. The maximum Gasteiger partial charge on any atom is 0.269 e. The van der Waals surface area contributed by atoms with Gasteiger partial charge < -0.3 is 15.5 Å². The van der Waals surface area contributed by atoms with Gasteiger partial charge in [-0.3, -0.25) is 4.79 Å². The lowest BCUT2D eigenvalue weighted by atomic mass is 10.2. The summed E-state index contributed by atoms with van der Waals surface area (Å²) in [6, 6.07) is 4.34. The average molecular weight is 272 g/mol. The summed E-state index contributed by atoms with van der Waals surface area (Å²) >= 11 is 0. The van der Waals surface area contributed by atoms with E-state index in [1.54, 1.807) is 0 Å². The first-order chi connectivity index (χ1) is 9.70. The molecule has 0 aromatic carbocycles. The zero-order valence-electron chi connectivity index (χ0n) is 11.7. The number of nitrogens with zero attached hydrogens (tertiary/aromatic N) is 2. The first-order valence-corrected chi connectivity index (χ1v) is 7.51. The van der Waals surface area contributed by atoms with Gasteiger partial charge in [0.25, 0.3) is 5.91 Å². The van der Waals surface area contributed by atoms with Gasteiger partial charge in [-0.2, -0.15) is 0 Å². The largest absolute Gasteiger partial charge is 0.366 e. The number of aromatic nitrogens is 1. The Morgan fingerprint density at radius 2 is 2.40 bits per heavy atom. The highest BCUT2D eigenvalue weighted by atomic mass is 16.1. The molecule has 2 bridgehead atoms. The Hall–Kier alpha value is -1.78. The lowest BCUT2D eigenvalue weighted by molar-refractivity contribution is 0.0946. The number of amides is 1. The molecule has 2 fully saturated rings. The van der Waals surface area contributed by atoms with Crippen molar-refractivity contribution in [2.75, 3.05) is 29.9 Å². The molecule has 2 N–H and O–H groups in total. The molecule has 20 heavy (non-hydrogen) atoms. The third-order valence-electron chi connectivity index (χ3n) is 4.78. The van der Waals surface area contributed by atoms with Crippen molar-refractivity contribution < 1.29 is 4.79 Å². The van der Waals surface area contributed by atoms with Crippen LogP contribution >= 0.6 is 0 Å². The van der Waals surface area contributed by atoms with Crippen LogP contribution in [0, 0.1) is 11.8 Å². The Morgan fingerprint density at radius 1 is 1.55 bits per heavy atom. The summed E-state index contributed by atoms with van der Waals surface area (Å²) in [5.41, 5.74) is 1.65. The van der Waals surface area contributed by atoms with Crippen LogP contribution in [0.2, 0.25) is 0 Å². The molecule has 4 rings (SSSR count). The van der Waals surface area contributed by atoms with Crippen molar-refractivity contribution in [1.29, 1.82) is 0 Å². The summed E-state index contributed by atoms with van der Waals surface area (Å²) in [4.78, 5) is 19.0. The SMILES string of the molecule is CC1CC1CNC(=O)c1ccc2c(n1)N[C@H]1CCN2C1. The van der Waals surface area contributed by atoms with E-state index in [2.05, 4.69) is 27.4 Å². The average Bonchev–Trinajstić information content (AvgIpc) is 3.03. The maximum atomic E-state index is 12.1. The summed E-state index contributed by atoms with van der Waals surface area (Å²) in [5.74, 6) is 2.24. The molecule has 5 nitrogen and oxygen atoms in total. The van der Waals surface area contributed by atoms with Gasteiger partial charge in [-0.15, -0.1) is 0 Å². The van der Waals surface area contributed by atoms with E-state index in [4.69, 9.17) is 0 Å². The molecule has 2 unspecified atom stereocenters. The molecule has 3 atom stereocenters. The predicted octanol–water partition coefficient (Wildman–Crippen LogP) is 1.47. The predicted molar refractivity (Wildman–Crippen MR) is 78.1 cm³/mol. The number of rotatable bonds is 3. The summed E-state index contributed by atoms with van der Waals surface area (Å²) in [6.45, 7) is 5.14. The van der Waals surface area contributed by atoms with Crippen LogP contribution in [-0.4, -0.2) is 36.6 Å². The van der Waals surface area contributed by atoms with Gasteiger partial charge in [0, 0.05) is 25.7 Å². The van der Waals surface area contributed by atoms with Gasteiger partial charge in [-0.25, -0.2) is 4.98 Å². The number of hydrogen-bond acceptors (Lipinski definition) is 4. The van der Waals surface area contributed by atoms with E-state index in [1.165, 1.54) is 6.42 Å². The van der Waals surface area contributed by atoms with E-state index in [0.717, 1.165) is 43.5 Å². The van der Waals surface area contributed by atoms with Crippen LogP contribution in [0.4, 0.5) is 11.5 Å². The monoisotopic (exact) mass is 272 g/mol. The third kappa shape index (κ3) is 2.01. The van der Waals surface area contributed by atoms with Crippen LogP contribution in [-0.2, 0) is 0 Å². The topological polar surface area (TPSA) is 57.3 Å². The van der Waals surface area contributed by atoms with E-state index in [-0.39, 0.29) is 5.91 Å². The van der Waals surface area contributed by atoms with E-state index in [1.807, 2.05) is 12.1 Å². The summed E-state index contributed by atoms with van der Waals surface area (Å²) < 4.78 is 0. The molecular formula is C15H20N4O. The molecule has 106 valence electrons. The first kappa shape index (κ1) is 12.0. The van der Waals surface area contributed by atoms with Gasteiger partial charge >= 0.3 is 0 Å². The molecule has 2 aliphatic heterocycles. The van der Waals surface area contributed by atoms with Crippen LogP contribution in [0.15, 0.2) is 12.1 Å². The maximum absolute atomic E-state index is 12.1. The van der Waals surface area contributed by atoms with Crippen LogP contribution < -0.4 is 15.5 Å². The molecule has 3 heterocycles. The smallest absolute Gasteiger partial charge is 0.269 e. The van der Waals surface area contributed by atoms with Gasteiger partial charge in [0.05, 0.1) is 5.69 Å². The van der Waals surface area contributed by atoms with E-state index in [9.17, 15) is 4.79 Å². The fourth-order valence-corrected chi connectivity index (χ4v) is 3.23. The van der Waals surface area contributed by atoms with E-state index < -0.39 is 0 Å². The Labute approximate surface area is 118 Å². The minimum atomic E-state index is -0.0541. The Morgan fingerprint density at radius 3 is 3.20 bits per heavy atom. The van der Waals surface area contributed by atoms with Crippen molar-refractivity contribution in [3.63, 3.8) is 0 Å². The van der Waals surface area contributed by atoms with Crippen LogP contribution in [0.5, 0.6) is 0 Å². The second kappa shape index (κ2) is 4.36. The summed E-state index contributed by atoms with van der Waals surface area (Å²) in [6.07, 6.45) is 2.38. The second-order valence-electron chi connectivity index (χ2n) is 6.32. The normalized spacial score (nSPS) is 29.6. The number of anilines is 2. The van der Waals surface area contributed by atoms with Crippen LogP contribution in [0.3, 0.4) is 0 Å². The number of pyridine rings is 1. The molecule has 1 amide bonds. The summed E-state index contributed by atoms with van der Waals surface area (Å²) in [5, 5.41) is 6.43. The number of carbonyl (C=O) groups is 1. The lowest BCUT2D eigenvalue weighted by Crippen LogP contribution is -2.33. The summed E-state index contributed by atoms with van der Waals surface area (Å²) in [7, 11) is 0. The van der Waals surface area contributed by atoms with Crippen molar-refractivity contribution in [2.24, 2.45) is 11.8 Å². The molecule has 1 saturated carbocycles. The Balaban J connectivity index is 1.49. The van der Waals surface area contributed by atoms with Gasteiger partial charge in [-0.1, -0.05) is 6.92 Å². The van der Waals surface area contributed by atoms with Crippen molar-refractivity contribution in [3.05, 3.63) is 17.8 Å². The van der Waals surface area contributed by atoms with Crippen LogP contribution in [0.1, 0.15) is 30.3 Å². The minimum absolute atomic E-state index is 0.0541. The van der Waals surface area contributed by atoms with Crippen LogP contribution in [0.25, 0.3) is 0 Å². The van der Waals surface area contributed by atoms with Gasteiger partial charge in [0.15, 0.2) is 5.82 Å².